The van der Waals surface area contributed by atoms with Gasteiger partial charge in [0.15, 0.2) is 0 Å². The lowest BCUT2D eigenvalue weighted by Gasteiger charge is -2.16. The molecule has 0 heterocycles. The first kappa shape index (κ1) is 15.9. The van der Waals surface area contributed by atoms with Crippen LogP contribution < -0.4 is 10.6 Å². The Kier molecular flexibility index (Phi) is 7.54. The summed E-state index contributed by atoms with van der Waals surface area (Å²) < 4.78 is 0. The Balaban J connectivity index is 3.68. The fourth-order valence-electron chi connectivity index (χ4n) is 1.28. The molecule has 0 aromatic carbocycles. The van der Waals surface area contributed by atoms with Gasteiger partial charge in [0.05, 0.1) is 6.04 Å². The number of hydrogen-bond acceptors (Lipinski definition) is 3. The first-order valence-corrected chi connectivity index (χ1v) is 6.08. The standard InChI is InChI=1S/C12H25N3O2/c1-9(2)14-12(17)10(3)13-8-6-7-11(16)15(4)5/h9-10,13H,6-8H2,1-5H3,(H,14,17). The normalized spacial score (nSPS) is 12.4. The van der Waals surface area contributed by atoms with Crippen molar-refractivity contribution in [1.29, 1.82) is 0 Å². The van der Waals surface area contributed by atoms with Gasteiger partial charge in [-0.25, -0.2) is 0 Å². The van der Waals surface area contributed by atoms with E-state index in [-0.39, 0.29) is 23.9 Å². The lowest BCUT2D eigenvalue weighted by Crippen LogP contribution is -2.45. The summed E-state index contributed by atoms with van der Waals surface area (Å²) in [6.45, 7) is 6.36. The van der Waals surface area contributed by atoms with Gasteiger partial charge in [-0.2, -0.15) is 0 Å². The molecule has 0 aliphatic carbocycles. The molecule has 1 atom stereocenters. The smallest absolute Gasteiger partial charge is 0.237 e. The molecule has 0 spiro atoms. The maximum Gasteiger partial charge on any atom is 0.237 e. The summed E-state index contributed by atoms with van der Waals surface area (Å²) in [6.07, 6.45) is 1.26. The Morgan fingerprint density at radius 2 is 1.76 bits per heavy atom. The van der Waals surface area contributed by atoms with Gasteiger partial charge in [-0.3, -0.25) is 9.59 Å². The van der Waals surface area contributed by atoms with E-state index in [2.05, 4.69) is 10.6 Å². The van der Waals surface area contributed by atoms with Crippen molar-refractivity contribution in [3.05, 3.63) is 0 Å². The summed E-state index contributed by atoms with van der Waals surface area (Å²) in [4.78, 5) is 24.4. The van der Waals surface area contributed by atoms with Gasteiger partial charge in [-0.05, 0) is 33.7 Å². The second-order valence-electron chi connectivity index (χ2n) is 4.73. The van der Waals surface area contributed by atoms with E-state index in [0.717, 1.165) is 6.42 Å². The van der Waals surface area contributed by atoms with Crippen LogP contribution in [0.5, 0.6) is 0 Å². The zero-order valence-electron chi connectivity index (χ0n) is 11.5. The van der Waals surface area contributed by atoms with Crippen molar-refractivity contribution in [3.8, 4) is 0 Å². The second kappa shape index (κ2) is 8.06. The Labute approximate surface area is 104 Å². The molecule has 0 fully saturated rings. The van der Waals surface area contributed by atoms with Crippen LogP contribution in [0.1, 0.15) is 33.6 Å². The van der Waals surface area contributed by atoms with E-state index in [0.29, 0.717) is 13.0 Å². The van der Waals surface area contributed by atoms with Crippen molar-refractivity contribution in [2.24, 2.45) is 0 Å². The van der Waals surface area contributed by atoms with Crippen LogP contribution in [0.25, 0.3) is 0 Å². The Morgan fingerprint density at radius 1 is 1.18 bits per heavy atom. The highest BCUT2D eigenvalue weighted by Gasteiger charge is 2.12. The molecule has 0 rings (SSSR count). The molecular weight excluding hydrogens is 218 g/mol. The van der Waals surface area contributed by atoms with Gasteiger partial charge in [0.25, 0.3) is 0 Å². The molecule has 0 saturated carbocycles. The average molecular weight is 243 g/mol. The van der Waals surface area contributed by atoms with Crippen LogP contribution >= 0.6 is 0 Å². The first-order chi connectivity index (χ1) is 7.84. The molecule has 0 radical (unpaired) electrons. The van der Waals surface area contributed by atoms with Crippen LogP contribution in [0.3, 0.4) is 0 Å². The number of nitrogens with one attached hydrogen (secondary N) is 2. The monoisotopic (exact) mass is 243 g/mol. The van der Waals surface area contributed by atoms with E-state index in [1.807, 2.05) is 20.8 Å². The summed E-state index contributed by atoms with van der Waals surface area (Å²) in [5.41, 5.74) is 0. The minimum absolute atomic E-state index is 0.000985. The van der Waals surface area contributed by atoms with Crippen molar-refractivity contribution >= 4 is 11.8 Å². The van der Waals surface area contributed by atoms with Crippen molar-refractivity contribution < 1.29 is 9.59 Å². The third-order valence-corrected chi connectivity index (χ3v) is 2.34. The highest BCUT2D eigenvalue weighted by molar-refractivity contribution is 5.81. The third-order valence-electron chi connectivity index (χ3n) is 2.34. The predicted molar refractivity (Wildman–Crippen MR) is 68.7 cm³/mol. The number of rotatable bonds is 7. The van der Waals surface area contributed by atoms with Gasteiger partial charge in [-0.1, -0.05) is 0 Å². The molecule has 2 amide bonds. The zero-order valence-corrected chi connectivity index (χ0v) is 11.5. The number of carbonyl (C=O) groups excluding carboxylic acids is 2. The topological polar surface area (TPSA) is 61.4 Å². The lowest BCUT2D eigenvalue weighted by atomic mass is 10.2. The molecule has 0 aliphatic heterocycles. The van der Waals surface area contributed by atoms with Gasteiger partial charge in [0, 0.05) is 26.6 Å². The molecule has 5 nitrogen and oxygen atoms in total. The van der Waals surface area contributed by atoms with Crippen LogP contribution in [0.4, 0.5) is 0 Å². The summed E-state index contributed by atoms with van der Waals surface area (Å²) in [7, 11) is 3.49. The van der Waals surface area contributed by atoms with E-state index >= 15 is 0 Å². The van der Waals surface area contributed by atoms with Gasteiger partial charge < -0.3 is 15.5 Å². The molecule has 0 aliphatic rings. The van der Waals surface area contributed by atoms with Crippen molar-refractivity contribution in [2.45, 2.75) is 45.7 Å². The highest BCUT2D eigenvalue weighted by atomic mass is 16.2. The third kappa shape index (κ3) is 7.74. The second-order valence-corrected chi connectivity index (χ2v) is 4.73. The molecule has 2 N–H and O–H groups in total. The molecule has 5 heteroatoms. The fraction of sp³-hybridized carbons (Fsp3) is 0.833. The van der Waals surface area contributed by atoms with Gasteiger partial charge in [0.1, 0.15) is 0 Å². The number of carbonyl (C=O) groups is 2. The van der Waals surface area contributed by atoms with E-state index in [1.165, 1.54) is 0 Å². The summed E-state index contributed by atoms with van der Waals surface area (Å²) in [5.74, 6) is 0.116. The molecule has 0 saturated heterocycles. The molecular formula is C12H25N3O2. The molecule has 100 valence electrons. The maximum absolute atomic E-state index is 11.5. The lowest BCUT2D eigenvalue weighted by molar-refractivity contribution is -0.128. The van der Waals surface area contributed by atoms with E-state index in [1.54, 1.807) is 19.0 Å². The van der Waals surface area contributed by atoms with Crippen LogP contribution in [-0.2, 0) is 9.59 Å². The largest absolute Gasteiger partial charge is 0.353 e. The number of amides is 2. The van der Waals surface area contributed by atoms with Gasteiger partial charge in [0.2, 0.25) is 11.8 Å². The fourth-order valence-corrected chi connectivity index (χ4v) is 1.28. The summed E-state index contributed by atoms with van der Waals surface area (Å²) in [6, 6.07) is -0.0612. The minimum Gasteiger partial charge on any atom is -0.353 e. The van der Waals surface area contributed by atoms with Crippen LogP contribution in [0, 0.1) is 0 Å². The predicted octanol–water partition coefficient (Wildman–Crippen LogP) is 0.358. The molecule has 0 aromatic heterocycles. The number of hydrogen-bond donors (Lipinski definition) is 2. The first-order valence-electron chi connectivity index (χ1n) is 6.08. The van der Waals surface area contributed by atoms with Crippen LogP contribution in [0.15, 0.2) is 0 Å². The maximum atomic E-state index is 11.5. The van der Waals surface area contributed by atoms with Crippen molar-refractivity contribution in [2.75, 3.05) is 20.6 Å². The molecule has 0 aromatic rings. The molecule has 1 unspecified atom stereocenters. The van der Waals surface area contributed by atoms with Gasteiger partial charge in [-0.15, -0.1) is 0 Å². The minimum atomic E-state index is -0.216. The van der Waals surface area contributed by atoms with E-state index in [9.17, 15) is 9.59 Å². The summed E-state index contributed by atoms with van der Waals surface area (Å²) in [5, 5.41) is 5.93. The van der Waals surface area contributed by atoms with Gasteiger partial charge >= 0.3 is 0 Å². The van der Waals surface area contributed by atoms with Crippen LogP contribution in [0.2, 0.25) is 0 Å². The Morgan fingerprint density at radius 3 is 2.24 bits per heavy atom. The van der Waals surface area contributed by atoms with Crippen molar-refractivity contribution in [3.63, 3.8) is 0 Å². The SMILES string of the molecule is CC(C)NC(=O)C(C)NCCCC(=O)N(C)C. The van der Waals surface area contributed by atoms with E-state index < -0.39 is 0 Å². The Bertz CT molecular complexity index is 252. The molecule has 0 bridgehead atoms. The molecule has 17 heavy (non-hydrogen) atoms. The zero-order chi connectivity index (χ0) is 13.4. The summed E-state index contributed by atoms with van der Waals surface area (Å²) >= 11 is 0. The number of nitrogens with zero attached hydrogens (tertiary/aromatic N) is 1. The van der Waals surface area contributed by atoms with Crippen LogP contribution in [-0.4, -0.2) is 49.4 Å². The van der Waals surface area contributed by atoms with E-state index in [4.69, 9.17) is 0 Å². The average Bonchev–Trinajstić information content (AvgIpc) is 2.22. The van der Waals surface area contributed by atoms with Crippen molar-refractivity contribution in [1.82, 2.24) is 15.5 Å². The quantitative estimate of drug-likeness (QED) is 0.635. The Hall–Kier alpha value is -1.10. The highest BCUT2D eigenvalue weighted by Crippen LogP contribution is 1.93.